The van der Waals surface area contributed by atoms with Crippen LogP contribution in [-0.4, -0.2) is 22.2 Å². The summed E-state index contributed by atoms with van der Waals surface area (Å²) in [5.74, 6) is 0. The molecule has 0 heterocycles. The first kappa shape index (κ1) is 10.9. The largest absolute Gasteiger partial charge is 0.442 e. The van der Waals surface area contributed by atoms with Gasteiger partial charge in [-0.15, -0.1) is 4.91 Å². The van der Waals surface area contributed by atoms with E-state index < -0.39 is 17.2 Å². The Balaban J connectivity index is 2.62. The average Bonchev–Trinajstić information content (AvgIpc) is 2.65. The van der Waals surface area contributed by atoms with Crippen molar-refractivity contribution in [2.75, 3.05) is 0 Å². The molecule has 80 valence electrons. The van der Waals surface area contributed by atoms with Crippen molar-refractivity contribution in [2.24, 2.45) is 5.29 Å². The molecule has 5 nitrogen and oxygen atoms in total. The smallest absolute Gasteiger partial charge is 0.434 e. The van der Waals surface area contributed by atoms with Gasteiger partial charge in [0.2, 0.25) is 0 Å². The molecule has 1 aliphatic carbocycles. The van der Waals surface area contributed by atoms with Crippen LogP contribution in [0.4, 0.5) is 4.79 Å². The van der Waals surface area contributed by atoms with E-state index >= 15 is 0 Å². The van der Waals surface area contributed by atoms with E-state index in [4.69, 9.17) is 4.74 Å². The van der Waals surface area contributed by atoms with E-state index in [1.54, 1.807) is 20.8 Å². The molecule has 0 aromatic heterocycles. The molecule has 0 aromatic rings. The topological polar surface area (TPSA) is 59.0 Å². The molecule has 1 amide bonds. The summed E-state index contributed by atoms with van der Waals surface area (Å²) < 4.78 is 5.05. The van der Waals surface area contributed by atoms with Crippen LogP contribution in [-0.2, 0) is 4.74 Å². The Bertz CT molecular complexity index is 253. The van der Waals surface area contributed by atoms with Crippen LogP contribution in [0.15, 0.2) is 5.29 Å². The minimum Gasteiger partial charge on any atom is -0.442 e. The molecular formula is C9H16N2O3. The van der Waals surface area contributed by atoms with Gasteiger partial charge in [-0.05, 0) is 40.5 Å². The average molecular weight is 200 g/mol. The van der Waals surface area contributed by atoms with E-state index in [1.807, 2.05) is 6.92 Å². The summed E-state index contributed by atoms with van der Waals surface area (Å²) in [6.45, 7) is 7.08. The monoisotopic (exact) mass is 200 g/mol. The molecule has 0 aromatic carbocycles. The zero-order valence-electron chi connectivity index (χ0n) is 9.03. The van der Waals surface area contributed by atoms with Crippen molar-refractivity contribution in [3.63, 3.8) is 0 Å². The summed E-state index contributed by atoms with van der Waals surface area (Å²) in [6, 6.07) is 0. The number of carbonyl (C=O) groups excluding carboxylic acids is 1. The lowest BCUT2D eigenvalue weighted by Gasteiger charge is -2.25. The Morgan fingerprint density at radius 2 is 1.93 bits per heavy atom. The van der Waals surface area contributed by atoms with Crippen molar-refractivity contribution in [2.45, 2.75) is 51.7 Å². The van der Waals surface area contributed by atoms with Gasteiger partial charge in [-0.1, -0.05) is 0 Å². The number of ether oxygens (including phenoxy) is 1. The SMILES string of the molecule is CC(C)(C)OC(=O)N(N=O)C1(C)CC1. The predicted octanol–water partition coefficient (Wildman–Crippen LogP) is 2.46. The zero-order chi connectivity index (χ0) is 11.0. The number of hydrogen-bond acceptors (Lipinski definition) is 4. The maximum Gasteiger partial charge on any atom is 0.434 e. The predicted molar refractivity (Wildman–Crippen MR) is 51.5 cm³/mol. The van der Waals surface area contributed by atoms with Gasteiger partial charge in [0.1, 0.15) is 5.60 Å². The minimum atomic E-state index is -0.660. The van der Waals surface area contributed by atoms with E-state index in [-0.39, 0.29) is 0 Å². The van der Waals surface area contributed by atoms with E-state index in [1.165, 1.54) is 0 Å². The first-order chi connectivity index (χ1) is 6.28. The van der Waals surface area contributed by atoms with Crippen molar-refractivity contribution >= 4 is 6.09 Å². The molecule has 1 fully saturated rings. The highest BCUT2D eigenvalue weighted by molar-refractivity contribution is 5.69. The number of amides is 1. The molecule has 0 bridgehead atoms. The summed E-state index contributed by atoms with van der Waals surface area (Å²) in [7, 11) is 0. The van der Waals surface area contributed by atoms with Crippen molar-refractivity contribution in [3.05, 3.63) is 4.91 Å². The van der Waals surface area contributed by atoms with Crippen molar-refractivity contribution in [1.29, 1.82) is 0 Å². The Morgan fingerprint density at radius 3 is 2.21 bits per heavy atom. The van der Waals surface area contributed by atoms with Crippen molar-refractivity contribution in [1.82, 2.24) is 5.01 Å². The Kier molecular flexibility index (Phi) is 2.52. The molecule has 0 aliphatic heterocycles. The quantitative estimate of drug-likeness (QED) is 0.508. The van der Waals surface area contributed by atoms with Crippen molar-refractivity contribution in [3.8, 4) is 0 Å². The Hall–Kier alpha value is -1.13. The van der Waals surface area contributed by atoms with Crippen LogP contribution in [0, 0.1) is 4.91 Å². The maximum atomic E-state index is 11.5. The molecule has 0 radical (unpaired) electrons. The summed E-state index contributed by atoms with van der Waals surface area (Å²) in [5.41, 5.74) is -1.00. The number of carbonyl (C=O) groups is 1. The maximum absolute atomic E-state index is 11.5. The lowest BCUT2D eigenvalue weighted by atomic mass is 10.2. The van der Waals surface area contributed by atoms with E-state index in [0.29, 0.717) is 0 Å². The van der Waals surface area contributed by atoms with Crippen LogP contribution in [0.1, 0.15) is 40.5 Å². The van der Waals surface area contributed by atoms with Gasteiger partial charge >= 0.3 is 6.09 Å². The minimum absolute atomic E-state index is 0.413. The van der Waals surface area contributed by atoms with Gasteiger partial charge in [-0.2, -0.15) is 5.01 Å². The lowest BCUT2D eigenvalue weighted by Crippen LogP contribution is -2.39. The summed E-state index contributed by atoms with van der Waals surface area (Å²) >= 11 is 0. The molecule has 0 unspecified atom stereocenters. The van der Waals surface area contributed by atoms with Crippen LogP contribution in [0.2, 0.25) is 0 Å². The molecule has 1 saturated carbocycles. The number of rotatable bonds is 2. The number of hydrogen-bond donors (Lipinski definition) is 0. The molecule has 0 N–H and O–H groups in total. The van der Waals surface area contributed by atoms with Gasteiger partial charge in [0, 0.05) is 0 Å². The molecule has 0 atom stereocenters. The fourth-order valence-corrected chi connectivity index (χ4v) is 1.05. The lowest BCUT2D eigenvalue weighted by molar-refractivity contribution is 0.0148. The summed E-state index contributed by atoms with van der Waals surface area (Å²) in [4.78, 5) is 22.0. The highest BCUT2D eigenvalue weighted by Crippen LogP contribution is 2.41. The molecule has 1 rings (SSSR count). The van der Waals surface area contributed by atoms with Crippen LogP contribution in [0.5, 0.6) is 0 Å². The second-order valence-electron chi connectivity index (χ2n) is 4.87. The van der Waals surface area contributed by atoms with Crippen LogP contribution in [0.3, 0.4) is 0 Å². The van der Waals surface area contributed by atoms with Crippen molar-refractivity contribution < 1.29 is 9.53 Å². The number of nitroso groups, excluding NO2 is 1. The van der Waals surface area contributed by atoms with Gasteiger partial charge in [-0.25, -0.2) is 4.79 Å². The van der Waals surface area contributed by atoms with Gasteiger partial charge in [0.05, 0.1) is 10.8 Å². The van der Waals surface area contributed by atoms with Gasteiger partial charge < -0.3 is 4.74 Å². The third-order valence-corrected chi connectivity index (χ3v) is 2.13. The third-order valence-electron chi connectivity index (χ3n) is 2.13. The molecule has 14 heavy (non-hydrogen) atoms. The number of nitrogens with zero attached hydrogens (tertiary/aromatic N) is 2. The summed E-state index contributed by atoms with van der Waals surface area (Å²) in [5, 5.41) is 3.62. The molecule has 5 heteroatoms. The highest BCUT2D eigenvalue weighted by atomic mass is 16.6. The molecule has 1 aliphatic rings. The van der Waals surface area contributed by atoms with E-state index in [9.17, 15) is 9.70 Å². The normalized spacial score (nSPS) is 18.6. The fourth-order valence-electron chi connectivity index (χ4n) is 1.05. The van der Waals surface area contributed by atoms with Gasteiger partial charge in [0.15, 0.2) is 0 Å². The second kappa shape index (κ2) is 3.22. The highest BCUT2D eigenvalue weighted by Gasteiger charge is 2.49. The molecule has 0 spiro atoms. The van der Waals surface area contributed by atoms with Crippen LogP contribution < -0.4 is 0 Å². The van der Waals surface area contributed by atoms with E-state index in [0.717, 1.165) is 17.9 Å². The first-order valence-corrected chi connectivity index (χ1v) is 4.65. The Morgan fingerprint density at radius 1 is 1.43 bits per heavy atom. The Labute approximate surface area is 83.4 Å². The zero-order valence-corrected chi connectivity index (χ0v) is 9.03. The second-order valence-corrected chi connectivity index (χ2v) is 4.87. The molecule has 0 saturated heterocycles. The van der Waals surface area contributed by atoms with Crippen LogP contribution >= 0.6 is 0 Å². The first-order valence-electron chi connectivity index (χ1n) is 4.65. The third kappa shape index (κ3) is 2.43. The standard InChI is InChI=1S/C9H16N2O3/c1-8(2,3)14-7(12)11(10-13)9(4)5-6-9/h5-6H2,1-4H3. The summed E-state index contributed by atoms with van der Waals surface area (Å²) in [6.07, 6.45) is 0.947. The van der Waals surface area contributed by atoms with E-state index in [2.05, 4.69) is 5.29 Å². The van der Waals surface area contributed by atoms with Gasteiger partial charge in [-0.3, -0.25) is 0 Å². The van der Waals surface area contributed by atoms with Gasteiger partial charge in [0.25, 0.3) is 0 Å². The van der Waals surface area contributed by atoms with Crippen LogP contribution in [0.25, 0.3) is 0 Å². The molecular weight excluding hydrogens is 184 g/mol. The fraction of sp³-hybridized carbons (Fsp3) is 0.889.